The first-order valence-electron chi connectivity index (χ1n) is 7.71. The molecule has 1 heteroatoms. The van der Waals surface area contributed by atoms with Crippen LogP contribution in [-0.2, 0) is 0 Å². The van der Waals surface area contributed by atoms with Gasteiger partial charge in [-0.1, -0.05) is 42.5 Å². The second-order valence-corrected chi connectivity index (χ2v) is 6.66. The van der Waals surface area contributed by atoms with Gasteiger partial charge in [-0.25, -0.2) is 0 Å². The number of allylic oxidation sites excluding steroid dienone is 2. The van der Waals surface area contributed by atoms with E-state index >= 15 is 0 Å². The maximum atomic E-state index is 2.39. The summed E-state index contributed by atoms with van der Waals surface area (Å²) in [5, 5.41) is 2.60. The Morgan fingerprint density at radius 1 is 0.905 bits per heavy atom. The van der Waals surface area contributed by atoms with Crippen LogP contribution in [0.2, 0.25) is 0 Å². The SMILES string of the molecule is CC(C)(C)N1/C=C/CC/C=C/c2cc3ccccc3cc21. The van der Waals surface area contributed by atoms with E-state index in [0.717, 1.165) is 12.8 Å². The molecule has 1 aliphatic heterocycles. The molecule has 2 aromatic carbocycles. The largest absolute Gasteiger partial charge is 0.343 e. The second kappa shape index (κ2) is 5.40. The van der Waals surface area contributed by atoms with Crippen molar-refractivity contribution in [3.8, 4) is 0 Å². The first kappa shape index (κ1) is 13.9. The Balaban J connectivity index is 2.26. The average Bonchev–Trinajstić information content (AvgIpc) is 2.54. The summed E-state index contributed by atoms with van der Waals surface area (Å²) >= 11 is 0. The van der Waals surface area contributed by atoms with E-state index in [9.17, 15) is 0 Å². The van der Waals surface area contributed by atoms with Crippen molar-refractivity contribution >= 4 is 22.5 Å². The van der Waals surface area contributed by atoms with Crippen molar-refractivity contribution in [3.63, 3.8) is 0 Å². The number of anilines is 1. The molecule has 0 saturated heterocycles. The molecule has 0 aliphatic carbocycles. The van der Waals surface area contributed by atoms with Crippen molar-refractivity contribution in [2.24, 2.45) is 0 Å². The highest BCUT2D eigenvalue weighted by Crippen LogP contribution is 2.33. The molecule has 0 N–H and O–H groups in total. The molecule has 0 radical (unpaired) electrons. The quantitative estimate of drug-likeness (QED) is 0.591. The summed E-state index contributed by atoms with van der Waals surface area (Å²) in [4.78, 5) is 2.39. The van der Waals surface area contributed by atoms with Gasteiger partial charge in [0.25, 0.3) is 0 Å². The number of hydrogen-bond acceptors (Lipinski definition) is 1. The predicted molar refractivity (Wildman–Crippen MR) is 93.6 cm³/mol. The molecule has 1 nitrogen and oxygen atoms in total. The Hall–Kier alpha value is -2.02. The van der Waals surface area contributed by atoms with E-state index in [1.54, 1.807) is 0 Å². The summed E-state index contributed by atoms with van der Waals surface area (Å²) in [6.07, 6.45) is 11.3. The third-order valence-corrected chi connectivity index (χ3v) is 3.93. The molecule has 1 heterocycles. The molecule has 1 aliphatic rings. The van der Waals surface area contributed by atoms with Gasteiger partial charge < -0.3 is 4.90 Å². The van der Waals surface area contributed by atoms with Crippen LogP contribution in [0.15, 0.2) is 54.8 Å². The number of benzene rings is 2. The van der Waals surface area contributed by atoms with Crippen LogP contribution >= 0.6 is 0 Å². The zero-order valence-electron chi connectivity index (χ0n) is 13.1. The van der Waals surface area contributed by atoms with Crippen LogP contribution < -0.4 is 4.90 Å². The van der Waals surface area contributed by atoms with Crippen LogP contribution in [0.3, 0.4) is 0 Å². The van der Waals surface area contributed by atoms with Crippen LogP contribution in [0.5, 0.6) is 0 Å². The van der Waals surface area contributed by atoms with E-state index in [2.05, 4.69) is 86.5 Å². The zero-order chi connectivity index (χ0) is 14.9. The van der Waals surface area contributed by atoms with Crippen molar-refractivity contribution in [2.45, 2.75) is 39.2 Å². The summed E-state index contributed by atoms with van der Waals surface area (Å²) in [5.74, 6) is 0. The van der Waals surface area contributed by atoms with Gasteiger partial charge in [0.15, 0.2) is 0 Å². The van der Waals surface area contributed by atoms with Gasteiger partial charge in [-0.05, 0) is 62.1 Å². The van der Waals surface area contributed by atoms with Gasteiger partial charge in [0.05, 0.1) is 0 Å². The average molecular weight is 277 g/mol. The molecule has 0 amide bonds. The fourth-order valence-electron chi connectivity index (χ4n) is 2.84. The van der Waals surface area contributed by atoms with Crippen molar-refractivity contribution in [1.29, 1.82) is 0 Å². The van der Waals surface area contributed by atoms with E-state index < -0.39 is 0 Å². The monoisotopic (exact) mass is 277 g/mol. The normalized spacial score (nSPS) is 18.5. The maximum Gasteiger partial charge on any atom is 0.0490 e. The molecular formula is C20H23N. The topological polar surface area (TPSA) is 3.24 Å². The van der Waals surface area contributed by atoms with Gasteiger partial charge in [-0.2, -0.15) is 0 Å². The number of fused-ring (bicyclic) bond motifs is 2. The van der Waals surface area contributed by atoms with E-state index in [0.29, 0.717) is 0 Å². The molecule has 21 heavy (non-hydrogen) atoms. The Kier molecular flexibility index (Phi) is 3.59. The molecule has 3 rings (SSSR count). The van der Waals surface area contributed by atoms with Crippen LogP contribution in [-0.4, -0.2) is 5.54 Å². The standard InChI is InChI=1S/C20H23N/c1-20(2,3)21-13-9-5-4-6-12-18-14-16-10-7-8-11-17(16)15-19(18)21/h6-15H,4-5H2,1-3H3/b12-6+,13-9+. The Labute approximate surface area is 127 Å². The van der Waals surface area contributed by atoms with Gasteiger partial charge in [0, 0.05) is 17.4 Å². The first-order chi connectivity index (χ1) is 10.1. The van der Waals surface area contributed by atoms with Gasteiger partial charge in [-0.3, -0.25) is 0 Å². The lowest BCUT2D eigenvalue weighted by Gasteiger charge is -2.36. The van der Waals surface area contributed by atoms with Crippen molar-refractivity contribution in [2.75, 3.05) is 4.90 Å². The minimum Gasteiger partial charge on any atom is -0.343 e. The van der Waals surface area contributed by atoms with Gasteiger partial charge in [0.1, 0.15) is 0 Å². The Morgan fingerprint density at radius 2 is 1.57 bits per heavy atom. The lowest BCUT2D eigenvalue weighted by Crippen LogP contribution is -2.37. The summed E-state index contributed by atoms with van der Waals surface area (Å²) in [6.45, 7) is 6.79. The molecule has 108 valence electrons. The Bertz CT molecular complexity index is 701. The van der Waals surface area contributed by atoms with Gasteiger partial charge in [0.2, 0.25) is 0 Å². The minimum atomic E-state index is 0.0614. The van der Waals surface area contributed by atoms with Crippen molar-refractivity contribution in [3.05, 3.63) is 60.3 Å². The smallest absolute Gasteiger partial charge is 0.0490 e. The molecule has 0 atom stereocenters. The van der Waals surface area contributed by atoms with E-state index in [1.807, 2.05) is 0 Å². The van der Waals surface area contributed by atoms with Gasteiger partial charge >= 0.3 is 0 Å². The van der Waals surface area contributed by atoms with Crippen LogP contribution in [0.4, 0.5) is 5.69 Å². The van der Waals surface area contributed by atoms with Crippen LogP contribution in [0, 0.1) is 0 Å². The molecule has 0 spiro atoms. The molecular weight excluding hydrogens is 254 g/mol. The second-order valence-electron chi connectivity index (χ2n) is 6.66. The van der Waals surface area contributed by atoms with Crippen LogP contribution in [0.25, 0.3) is 16.8 Å². The highest BCUT2D eigenvalue weighted by atomic mass is 15.2. The van der Waals surface area contributed by atoms with Crippen molar-refractivity contribution in [1.82, 2.24) is 0 Å². The fourth-order valence-corrected chi connectivity index (χ4v) is 2.84. The summed E-state index contributed by atoms with van der Waals surface area (Å²) in [5.41, 5.74) is 2.65. The predicted octanol–water partition coefficient (Wildman–Crippen LogP) is 5.77. The minimum absolute atomic E-state index is 0.0614. The van der Waals surface area contributed by atoms with E-state index in [4.69, 9.17) is 0 Å². The molecule has 0 bridgehead atoms. The van der Waals surface area contributed by atoms with Gasteiger partial charge in [-0.15, -0.1) is 0 Å². The first-order valence-corrected chi connectivity index (χ1v) is 7.71. The van der Waals surface area contributed by atoms with Crippen LogP contribution in [0.1, 0.15) is 39.2 Å². The summed E-state index contributed by atoms with van der Waals surface area (Å²) < 4.78 is 0. The highest BCUT2D eigenvalue weighted by molar-refractivity contribution is 5.91. The fraction of sp³-hybridized carbons (Fsp3) is 0.300. The number of rotatable bonds is 0. The third kappa shape index (κ3) is 2.87. The Morgan fingerprint density at radius 3 is 2.29 bits per heavy atom. The number of hydrogen-bond donors (Lipinski definition) is 0. The lowest BCUT2D eigenvalue weighted by molar-refractivity contribution is 0.555. The molecule has 0 fully saturated rings. The molecule has 0 saturated carbocycles. The molecule has 0 aromatic heterocycles. The summed E-state index contributed by atoms with van der Waals surface area (Å²) in [7, 11) is 0. The molecule has 0 unspecified atom stereocenters. The van der Waals surface area contributed by atoms with Crippen molar-refractivity contribution < 1.29 is 0 Å². The van der Waals surface area contributed by atoms with E-state index in [-0.39, 0.29) is 5.54 Å². The highest BCUT2D eigenvalue weighted by Gasteiger charge is 2.22. The van der Waals surface area contributed by atoms with E-state index in [1.165, 1.54) is 22.0 Å². The zero-order valence-corrected chi connectivity index (χ0v) is 13.1. The molecule has 2 aromatic rings. The maximum absolute atomic E-state index is 2.39. The number of nitrogens with zero attached hydrogens (tertiary/aromatic N) is 1. The summed E-state index contributed by atoms with van der Waals surface area (Å²) in [6, 6.07) is 13.2. The lowest BCUT2D eigenvalue weighted by atomic mass is 9.99. The third-order valence-electron chi connectivity index (χ3n) is 3.93.